The maximum atomic E-state index is 8.50. The average Bonchev–Trinajstić information content (AvgIpc) is 2.28. The number of allylic oxidation sites excluding steroid dienone is 1. The van der Waals surface area contributed by atoms with Gasteiger partial charge >= 0.3 is 0 Å². The third-order valence-corrected chi connectivity index (χ3v) is 1.99. The largest absolute Gasteiger partial charge is 0.493 e. The molecule has 0 amide bonds. The lowest BCUT2D eigenvalue weighted by molar-refractivity contribution is -0.243. The zero-order chi connectivity index (χ0) is 11.3. The molecule has 3 N–H and O–H groups in total. The first-order chi connectivity index (χ1) is 7.22. The summed E-state index contributed by atoms with van der Waals surface area (Å²) < 4.78 is 10.2. The van der Waals surface area contributed by atoms with E-state index >= 15 is 0 Å². The molecular weight excluding hydrogens is 192 g/mol. The van der Waals surface area contributed by atoms with E-state index in [0.29, 0.717) is 17.2 Å². The first-order valence-corrected chi connectivity index (χ1v) is 4.37. The molecule has 0 aliphatic heterocycles. The Labute approximate surface area is 88.5 Å². The Morgan fingerprint density at radius 2 is 2.00 bits per heavy atom. The van der Waals surface area contributed by atoms with Crippen LogP contribution in [0.4, 0.5) is 0 Å². The molecule has 4 nitrogen and oxygen atoms in total. The molecule has 4 heteroatoms. The number of rotatable bonds is 3. The van der Waals surface area contributed by atoms with Gasteiger partial charge in [0.1, 0.15) is 5.70 Å². The molecule has 0 heterocycles. The van der Waals surface area contributed by atoms with Crippen LogP contribution in [0, 0.1) is 11.3 Å². The lowest BCUT2D eigenvalue weighted by Gasteiger charge is -2.07. The average molecular weight is 205 g/mol. The number of hydrogen-bond acceptors (Lipinski definition) is 3. The van der Waals surface area contributed by atoms with Gasteiger partial charge in [-0.1, -0.05) is 0 Å². The van der Waals surface area contributed by atoms with Gasteiger partial charge in [-0.2, -0.15) is 5.26 Å². The number of nitrogens with zero attached hydrogens (tertiary/aromatic N) is 1. The second kappa shape index (κ2) is 5.03. The number of methoxy groups -OCH3 is 2. The van der Waals surface area contributed by atoms with Crippen LogP contribution in [-0.2, 0) is 0 Å². The zero-order valence-electron chi connectivity index (χ0n) is 8.78. The van der Waals surface area contributed by atoms with Gasteiger partial charge in [-0.05, 0) is 18.2 Å². The van der Waals surface area contributed by atoms with E-state index in [0.717, 1.165) is 5.56 Å². The highest BCUT2D eigenvalue weighted by molar-refractivity contribution is 5.62. The van der Waals surface area contributed by atoms with E-state index in [2.05, 4.69) is 5.73 Å². The van der Waals surface area contributed by atoms with Crippen molar-refractivity contribution in [3.63, 3.8) is 0 Å². The summed E-state index contributed by atoms with van der Waals surface area (Å²) >= 11 is 0. The van der Waals surface area contributed by atoms with Gasteiger partial charge in [0.25, 0.3) is 0 Å². The lowest BCUT2D eigenvalue weighted by Crippen LogP contribution is -2.45. The zero-order valence-corrected chi connectivity index (χ0v) is 8.78. The molecule has 0 radical (unpaired) electrons. The van der Waals surface area contributed by atoms with Gasteiger partial charge in [0.05, 0.1) is 26.4 Å². The van der Waals surface area contributed by atoms with Gasteiger partial charge in [-0.25, -0.2) is 0 Å². The van der Waals surface area contributed by atoms with Gasteiger partial charge < -0.3 is 15.2 Å². The topological polar surface area (TPSA) is 69.9 Å². The summed E-state index contributed by atoms with van der Waals surface area (Å²) in [6, 6.07) is 7.34. The summed E-state index contributed by atoms with van der Waals surface area (Å²) in [5.41, 5.74) is 5.26. The summed E-state index contributed by atoms with van der Waals surface area (Å²) in [6.45, 7) is 0. The molecule has 0 aliphatic carbocycles. The van der Waals surface area contributed by atoms with Gasteiger partial charge in [-0.15, -0.1) is 0 Å². The number of hydrogen-bond donors (Lipinski definition) is 1. The van der Waals surface area contributed by atoms with Crippen LogP contribution in [0.3, 0.4) is 0 Å². The van der Waals surface area contributed by atoms with Crippen LogP contribution in [-0.4, -0.2) is 14.2 Å². The second-order valence-corrected chi connectivity index (χ2v) is 2.87. The van der Waals surface area contributed by atoms with Crippen LogP contribution < -0.4 is 15.2 Å². The maximum absolute atomic E-state index is 8.50. The molecule has 0 fully saturated rings. The highest BCUT2D eigenvalue weighted by Crippen LogP contribution is 2.28. The first-order valence-electron chi connectivity index (χ1n) is 4.37. The molecule has 1 aromatic carbocycles. The lowest BCUT2D eigenvalue weighted by atomic mass is 10.1. The Morgan fingerprint density at radius 1 is 1.33 bits per heavy atom. The van der Waals surface area contributed by atoms with Crippen LogP contribution in [0.5, 0.6) is 11.5 Å². The Hall–Kier alpha value is -1.99. The van der Waals surface area contributed by atoms with E-state index in [-0.39, 0.29) is 0 Å². The summed E-state index contributed by atoms with van der Waals surface area (Å²) in [7, 11) is 3.14. The Kier molecular flexibility index (Phi) is 3.72. The third-order valence-electron chi connectivity index (χ3n) is 1.99. The van der Waals surface area contributed by atoms with Gasteiger partial charge in [-0.3, -0.25) is 0 Å². The minimum Gasteiger partial charge on any atom is -0.493 e. The van der Waals surface area contributed by atoms with E-state index in [4.69, 9.17) is 14.7 Å². The van der Waals surface area contributed by atoms with Crippen LogP contribution in [0.15, 0.2) is 24.3 Å². The fourth-order valence-corrected chi connectivity index (χ4v) is 1.20. The molecule has 0 bridgehead atoms. The van der Waals surface area contributed by atoms with Crippen molar-refractivity contribution in [2.45, 2.75) is 0 Å². The molecule has 0 atom stereocenters. The molecule has 78 valence electrons. The standard InChI is InChI=1S/C11H12N2O2/c1-14-10-4-3-8(7-11(10)15-2)9(13)5-6-12/h3-5,7H,13H2,1-2H3/p+1. The van der Waals surface area contributed by atoms with E-state index in [9.17, 15) is 0 Å². The molecular formula is C11H13N2O2+. The molecule has 0 unspecified atom stereocenters. The molecule has 0 spiro atoms. The van der Waals surface area contributed by atoms with Crippen molar-refractivity contribution < 1.29 is 15.2 Å². The van der Waals surface area contributed by atoms with Crippen molar-refractivity contribution in [1.82, 2.24) is 0 Å². The monoisotopic (exact) mass is 205 g/mol. The van der Waals surface area contributed by atoms with Gasteiger partial charge in [0, 0.05) is 5.56 Å². The summed E-state index contributed by atoms with van der Waals surface area (Å²) in [5, 5.41) is 8.50. The molecule has 0 aliphatic rings. The molecule has 0 saturated carbocycles. The number of benzene rings is 1. The van der Waals surface area contributed by atoms with Crippen molar-refractivity contribution in [2.24, 2.45) is 0 Å². The summed E-state index contributed by atoms with van der Waals surface area (Å²) in [5.74, 6) is 1.29. The highest BCUT2D eigenvalue weighted by atomic mass is 16.5. The molecule has 1 aromatic rings. The highest BCUT2D eigenvalue weighted by Gasteiger charge is 2.07. The van der Waals surface area contributed by atoms with Crippen LogP contribution in [0.1, 0.15) is 5.56 Å². The molecule has 0 saturated heterocycles. The fourth-order valence-electron chi connectivity index (χ4n) is 1.20. The van der Waals surface area contributed by atoms with Gasteiger partial charge in [0.2, 0.25) is 0 Å². The summed E-state index contributed by atoms with van der Waals surface area (Å²) in [4.78, 5) is 0. The van der Waals surface area contributed by atoms with Crippen LogP contribution >= 0.6 is 0 Å². The van der Waals surface area contributed by atoms with Crippen LogP contribution in [0.2, 0.25) is 0 Å². The maximum Gasteiger partial charge on any atom is 0.161 e. The predicted octanol–water partition coefficient (Wildman–Crippen LogP) is 0.810. The third kappa shape index (κ3) is 2.48. The Bertz CT molecular complexity index is 419. The van der Waals surface area contributed by atoms with Crippen molar-refractivity contribution in [1.29, 1.82) is 5.26 Å². The SMILES string of the molecule is COc1ccc(C([NH3+])=CC#N)cc1OC. The fraction of sp³-hybridized carbons (Fsp3) is 0.182. The van der Waals surface area contributed by atoms with Crippen molar-refractivity contribution in [2.75, 3.05) is 14.2 Å². The minimum absolute atomic E-state index is 0.627. The van der Waals surface area contributed by atoms with Crippen molar-refractivity contribution in [3.8, 4) is 17.6 Å². The second-order valence-electron chi connectivity index (χ2n) is 2.87. The minimum atomic E-state index is 0.627. The number of quaternary nitrogens is 1. The number of nitriles is 1. The molecule has 15 heavy (non-hydrogen) atoms. The Morgan fingerprint density at radius 3 is 2.53 bits per heavy atom. The smallest absolute Gasteiger partial charge is 0.161 e. The van der Waals surface area contributed by atoms with Crippen LogP contribution in [0.25, 0.3) is 5.70 Å². The number of ether oxygens (including phenoxy) is 2. The van der Waals surface area contributed by atoms with Gasteiger partial charge in [0.15, 0.2) is 11.5 Å². The van der Waals surface area contributed by atoms with E-state index < -0.39 is 0 Å². The molecule has 0 aromatic heterocycles. The van der Waals surface area contributed by atoms with Crippen molar-refractivity contribution >= 4 is 5.70 Å². The van der Waals surface area contributed by atoms with E-state index in [1.807, 2.05) is 12.1 Å². The first kappa shape index (κ1) is 11.1. The predicted molar refractivity (Wildman–Crippen MR) is 56.0 cm³/mol. The van der Waals surface area contributed by atoms with E-state index in [1.165, 1.54) is 6.08 Å². The normalized spacial score (nSPS) is 10.7. The van der Waals surface area contributed by atoms with E-state index in [1.54, 1.807) is 26.4 Å². The molecule has 1 rings (SSSR count). The Balaban J connectivity index is 3.15. The van der Waals surface area contributed by atoms with Crippen molar-refractivity contribution in [3.05, 3.63) is 29.8 Å². The summed E-state index contributed by atoms with van der Waals surface area (Å²) in [6.07, 6.45) is 1.39. The quantitative estimate of drug-likeness (QED) is 0.742.